The summed E-state index contributed by atoms with van der Waals surface area (Å²) in [5, 5.41) is 3.88. The van der Waals surface area contributed by atoms with Gasteiger partial charge in [0.1, 0.15) is 0 Å². The average Bonchev–Trinajstić information content (AvgIpc) is 2.83. The highest BCUT2D eigenvalue weighted by Crippen LogP contribution is 2.23. The van der Waals surface area contributed by atoms with Crippen molar-refractivity contribution in [2.45, 2.75) is 0 Å². The Morgan fingerprint density at radius 1 is 1.05 bits per heavy atom. The molecule has 94 valence electrons. The first kappa shape index (κ1) is 11.3. The lowest BCUT2D eigenvalue weighted by atomic mass is 10.2. The molecule has 2 aromatic carbocycles. The predicted octanol–water partition coefficient (Wildman–Crippen LogP) is 3.00. The van der Waals surface area contributed by atoms with Crippen LogP contribution in [0.1, 0.15) is 10.4 Å². The highest BCUT2D eigenvalue weighted by molar-refractivity contribution is 6.09. The smallest absolute Gasteiger partial charge is 0.255 e. The highest BCUT2D eigenvalue weighted by atomic mass is 16.1. The summed E-state index contributed by atoms with van der Waals surface area (Å²) in [5.41, 5.74) is 8.60. The number of benzene rings is 2. The lowest BCUT2D eigenvalue weighted by molar-refractivity contribution is 0.102. The van der Waals surface area contributed by atoms with Gasteiger partial charge < -0.3 is 16.0 Å². The predicted molar refractivity (Wildman–Crippen MR) is 77.1 cm³/mol. The summed E-state index contributed by atoms with van der Waals surface area (Å²) in [4.78, 5) is 15.2. The summed E-state index contributed by atoms with van der Waals surface area (Å²) >= 11 is 0. The van der Waals surface area contributed by atoms with E-state index in [1.54, 1.807) is 30.5 Å². The van der Waals surface area contributed by atoms with Crippen molar-refractivity contribution in [3.63, 3.8) is 0 Å². The number of para-hydroxylation sites is 1. The number of nitrogen functional groups attached to an aromatic ring is 1. The van der Waals surface area contributed by atoms with E-state index in [1.807, 2.05) is 24.3 Å². The van der Waals surface area contributed by atoms with Gasteiger partial charge in [0.2, 0.25) is 0 Å². The standard InChI is InChI=1S/C15H13N3O/c16-11-7-5-10(6-8-11)15(19)18-14-9-17-13-4-2-1-3-12(13)14/h1-9,17H,16H2,(H,18,19). The molecule has 0 bridgehead atoms. The molecule has 4 N–H and O–H groups in total. The topological polar surface area (TPSA) is 70.9 Å². The third-order valence-corrected chi connectivity index (χ3v) is 3.01. The number of fused-ring (bicyclic) bond motifs is 1. The first-order chi connectivity index (χ1) is 9.24. The molecule has 0 spiro atoms. The molecule has 0 atom stereocenters. The molecule has 0 aliphatic heterocycles. The van der Waals surface area contributed by atoms with Crippen molar-refractivity contribution in [1.29, 1.82) is 0 Å². The van der Waals surface area contributed by atoms with E-state index in [0.717, 1.165) is 16.6 Å². The Morgan fingerprint density at radius 3 is 2.58 bits per heavy atom. The third kappa shape index (κ3) is 2.15. The van der Waals surface area contributed by atoms with Gasteiger partial charge >= 0.3 is 0 Å². The summed E-state index contributed by atoms with van der Waals surface area (Å²) < 4.78 is 0. The van der Waals surface area contributed by atoms with Gasteiger partial charge in [-0.1, -0.05) is 18.2 Å². The largest absolute Gasteiger partial charge is 0.399 e. The first-order valence-electron chi connectivity index (χ1n) is 5.97. The van der Waals surface area contributed by atoms with E-state index in [9.17, 15) is 4.79 Å². The molecule has 0 aliphatic rings. The number of nitrogens with one attached hydrogen (secondary N) is 2. The molecule has 4 nitrogen and oxygen atoms in total. The van der Waals surface area contributed by atoms with E-state index in [4.69, 9.17) is 5.73 Å². The van der Waals surface area contributed by atoms with Gasteiger partial charge in [-0.3, -0.25) is 4.79 Å². The lowest BCUT2D eigenvalue weighted by Crippen LogP contribution is -2.11. The minimum Gasteiger partial charge on any atom is -0.399 e. The molecular weight excluding hydrogens is 238 g/mol. The highest BCUT2D eigenvalue weighted by Gasteiger charge is 2.08. The van der Waals surface area contributed by atoms with E-state index in [2.05, 4.69) is 10.3 Å². The van der Waals surface area contributed by atoms with Gasteiger partial charge in [-0.2, -0.15) is 0 Å². The number of nitrogens with two attached hydrogens (primary N) is 1. The Balaban J connectivity index is 1.89. The van der Waals surface area contributed by atoms with Gasteiger partial charge in [-0.25, -0.2) is 0 Å². The maximum absolute atomic E-state index is 12.1. The number of H-pyrrole nitrogens is 1. The summed E-state index contributed by atoms with van der Waals surface area (Å²) in [6, 6.07) is 14.7. The number of carbonyl (C=O) groups is 1. The van der Waals surface area contributed by atoms with Crippen LogP contribution in [0.5, 0.6) is 0 Å². The molecule has 0 unspecified atom stereocenters. The second-order valence-electron chi connectivity index (χ2n) is 4.32. The fourth-order valence-electron chi connectivity index (χ4n) is 2.00. The first-order valence-corrected chi connectivity index (χ1v) is 5.97. The van der Waals surface area contributed by atoms with E-state index in [1.165, 1.54) is 0 Å². The number of aromatic nitrogens is 1. The Kier molecular flexibility index (Phi) is 2.68. The number of aromatic amines is 1. The van der Waals surface area contributed by atoms with Gasteiger partial charge in [0.05, 0.1) is 5.69 Å². The van der Waals surface area contributed by atoms with Crippen LogP contribution in [0.2, 0.25) is 0 Å². The minimum atomic E-state index is -0.148. The van der Waals surface area contributed by atoms with Crippen molar-refractivity contribution >= 4 is 28.2 Å². The van der Waals surface area contributed by atoms with Crippen molar-refractivity contribution < 1.29 is 4.79 Å². The Labute approximate surface area is 110 Å². The Bertz CT molecular complexity index is 728. The quantitative estimate of drug-likeness (QED) is 0.613. The van der Waals surface area contributed by atoms with E-state index >= 15 is 0 Å². The fourth-order valence-corrected chi connectivity index (χ4v) is 2.00. The Hall–Kier alpha value is -2.75. The fraction of sp³-hybridized carbons (Fsp3) is 0. The van der Waals surface area contributed by atoms with Crippen molar-refractivity contribution in [3.8, 4) is 0 Å². The van der Waals surface area contributed by atoms with E-state index in [0.29, 0.717) is 11.3 Å². The average molecular weight is 251 g/mol. The van der Waals surface area contributed by atoms with Crippen LogP contribution < -0.4 is 11.1 Å². The molecule has 4 heteroatoms. The second kappa shape index (κ2) is 4.49. The van der Waals surface area contributed by atoms with Crippen LogP contribution in [-0.2, 0) is 0 Å². The molecule has 3 rings (SSSR count). The summed E-state index contributed by atoms with van der Waals surface area (Å²) in [6.45, 7) is 0. The molecule has 1 aromatic heterocycles. The van der Waals surface area contributed by atoms with Gasteiger partial charge in [-0.05, 0) is 30.3 Å². The zero-order chi connectivity index (χ0) is 13.2. The monoisotopic (exact) mass is 251 g/mol. The number of amides is 1. The second-order valence-corrected chi connectivity index (χ2v) is 4.32. The molecular formula is C15H13N3O. The number of anilines is 2. The van der Waals surface area contributed by atoms with Crippen LogP contribution in [0.15, 0.2) is 54.7 Å². The molecule has 0 aliphatic carbocycles. The van der Waals surface area contributed by atoms with Gasteiger partial charge in [0.15, 0.2) is 0 Å². The maximum Gasteiger partial charge on any atom is 0.255 e. The summed E-state index contributed by atoms with van der Waals surface area (Å²) in [6.07, 6.45) is 1.79. The van der Waals surface area contributed by atoms with Crippen molar-refractivity contribution in [3.05, 3.63) is 60.3 Å². The molecule has 0 saturated carbocycles. The molecule has 0 fully saturated rings. The SMILES string of the molecule is Nc1ccc(C(=O)Nc2c[nH]c3ccccc23)cc1. The van der Waals surface area contributed by atoms with Crippen LogP contribution in [-0.4, -0.2) is 10.9 Å². The van der Waals surface area contributed by atoms with Crippen LogP contribution >= 0.6 is 0 Å². The zero-order valence-electron chi connectivity index (χ0n) is 10.2. The molecule has 0 radical (unpaired) electrons. The summed E-state index contributed by atoms with van der Waals surface area (Å²) in [5.74, 6) is -0.148. The van der Waals surface area contributed by atoms with Crippen molar-refractivity contribution in [2.24, 2.45) is 0 Å². The molecule has 1 heterocycles. The van der Waals surface area contributed by atoms with Crippen molar-refractivity contribution in [2.75, 3.05) is 11.1 Å². The zero-order valence-corrected chi connectivity index (χ0v) is 10.2. The Morgan fingerprint density at radius 2 is 1.79 bits per heavy atom. The number of hydrogen-bond acceptors (Lipinski definition) is 2. The van der Waals surface area contributed by atoms with Crippen LogP contribution in [0, 0.1) is 0 Å². The van der Waals surface area contributed by atoms with Crippen molar-refractivity contribution in [1.82, 2.24) is 4.98 Å². The van der Waals surface area contributed by atoms with E-state index in [-0.39, 0.29) is 5.91 Å². The molecule has 0 saturated heterocycles. The third-order valence-electron chi connectivity index (χ3n) is 3.01. The lowest BCUT2D eigenvalue weighted by Gasteiger charge is -2.04. The van der Waals surface area contributed by atoms with Gasteiger partial charge in [0, 0.05) is 28.4 Å². The molecule has 3 aromatic rings. The maximum atomic E-state index is 12.1. The number of rotatable bonds is 2. The van der Waals surface area contributed by atoms with Crippen LogP contribution in [0.4, 0.5) is 11.4 Å². The molecule has 19 heavy (non-hydrogen) atoms. The minimum absolute atomic E-state index is 0.148. The van der Waals surface area contributed by atoms with Gasteiger partial charge in [0.25, 0.3) is 5.91 Å². The number of carbonyl (C=O) groups excluding carboxylic acids is 1. The molecule has 1 amide bonds. The normalized spacial score (nSPS) is 10.5. The van der Waals surface area contributed by atoms with E-state index < -0.39 is 0 Å². The summed E-state index contributed by atoms with van der Waals surface area (Å²) in [7, 11) is 0. The van der Waals surface area contributed by atoms with Crippen LogP contribution in [0.3, 0.4) is 0 Å². The number of hydrogen-bond donors (Lipinski definition) is 3. The van der Waals surface area contributed by atoms with Crippen LogP contribution in [0.25, 0.3) is 10.9 Å². The van der Waals surface area contributed by atoms with Gasteiger partial charge in [-0.15, -0.1) is 0 Å².